The monoisotopic (exact) mass is 314 g/mol. The number of amides is 1. The zero-order chi connectivity index (χ0) is 13.5. The summed E-state index contributed by atoms with van der Waals surface area (Å²) in [6.45, 7) is 5.24. The third-order valence-electron chi connectivity index (χ3n) is 2.87. The van der Waals surface area contributed by atoms with Crippen molar-refractivity contribution in [3.63, 3.8) is 0 Å². The van der Waals surface area contributed by atoms with Crippen LogP contribution >= 0.6 is 15.9 Å². The average molecular weight is 315 g/mol. The third-order valence-corrected chi connectivity index (χ3v) is 3.31. The van der Waals surface area contributed by atoms with E-state index in [0.29, 0.717) is 18.7 Å². The lowest BCUT2D eigenvalue weighted by Gasteiger charge is -2.28. The molecule has 5 heteroatoms. The van der Waals surface area contributed by atoms with Crippen LogP contribution in [0.3, 0.4) is 0 Å². The molecular formula is C13H19BrN2O2. The van der Waals surface area contributed by atoms with Crippen molar-refractivity contribution in [3.05, 3.63) is 28.5 Å². The van der Waals surface area contributed by atoms with Gasteiger partial charge in [0.15, 0.2) is 0 Å². The molecule has 1 unspecified atom stereocenters. The summed E-state index contributed by atoms with van der Waals surface area (Å²) in [6, 6.07) is 1.98. The lowest BCUT2D eigenvalue weighted by Crippen LogP contribution is -2.40. The Hall–Kier alpha value is -0.940. The molecule has 0 radical (unpaired) electrons. The van der Waals surface area contributed by atoms with Crippen molar-refractivity contribution in [3.8, 4) is 0 Å². The summed E-state index contributed by atoms with van der Waals surface area (Å²) < 4.78 is 5.87. The molecule has 1 aromatic rings. The molecule has 1 aromatic heterocycles. The van der Waals surface area contributed by atoms with Gasteiger partial charge in [0, 0.05) is 36.6 Å². The highest BCUT2D eigenvalue weighted by molar-refractivity contribution is 9.10. The first kappa shape index (κ1) is 15.1. The molecule has 1 atom stereocenters. The number of hydrogen-bond acceptors (Lipinski definition) is 3. The number of aromatic nitrogens is 1. The van der Waals surface area contributed by atoms with Gasteiger partial charge in [-0.05, 0) is 35.3 Å². The molecule has 1 amide bonds. The highest BCUT2D eigenvalue weighted by atomic mass is 79.9. The Bertz CT molecular complexity index is 398. The number of rotatable bonds is 6. The topological polar surface area (TPSA) is 42.4 Å². The van der Waals surface area contributed by atoms with Gasteiger partial charge in [-0.2, -0.15) is 0 Å². The second kappa shape index (κ2) is 7.48. The standard InChI is InChI=1S/C13H19BrN2O2/c1-4-10(2)16(5-6-18-3)13(17)11-7-12(14)9-15-8-11/h7-10H,4-6H2,1-3H3. The highest BCUT2D eigenvalue weighted by Gasteiger charge is 2.20. The maximum Gasteiger partial charge on any atom is 0.255 e. The predicted molar refractivity (Wildman–Crippen MR) is 74.6 cm³/mol. The molecule has 0 aliphatic rings. The average Bonchev–Trinajstić information content (AvgIpc) is 2.38. The number of methoxy groups -OCH3 is 1. The van der Waals surface area contributed by atoms with Crippen LogP contribution in [-0.4, -0.2) is 42.1 Å². The lowest BCUT2D eigenvalue weighted by molar-refractivity contribution is 0.0613. The fourth-order valence-electron chi connectivity index (χ4n) is 1.63. The molecule has 0 aromatic carbocycles. The quantitative estimate of drug-likeness (QED) is 0.810. The van der Waals surface area contributed by atoms with Crippen molar-refractivity contribution in [2.75, 3.05) is 20.3 Å². The van der Waals surface area contributed by atoms with E-state index in [1.165, 1.54) is 0 Å². The minimum atomic E-state index is -0.00444. The maximum absolute atomic E-state index is 12.4. The molecule has 0 aliphatic carbocycles. The summed E-state index contributed by atoms with van der Waals surface area (Å²) in [7, 11) is 1.64. The van der Waals surface area contributed by atoms with E-state index < -0.39 is 0 Å². The number of hydrogen-bond donors (Lipinski definition) is 0. The van der Waals surface area contributed by atoms with Gasteiger partial charge in [0.25, 0.3) is 5.91 Å². The molecule has 4 nitrogen and oxygen atoms in total. The first-order chi connectivity index (χ1) is 8.60. The number of carbonyl (C=O) groups excluding carboxylic acids is 1. The fraction of sp³-hybridized carbons (Fsp3) is 0.538. The second-order valence-electron chi connectivity index (χ2n) is 4.14. The fourth-order valence-corrected chi connectivity index (χ4v) is 1.99. The molecular weight excluding hydrogens is 296 g/mol. The predicted octanol–water partition coefficient (Wildman–Crippen LogP) is 2.73. The van der Waals surface area contributed by atoms with Gasteiger partial charge in [0.05, 0.1) is 12.2 Å². The summed E-state index contributed by atoms with van der Waals surface area (Å²) in [5, 5.41) is 0. The third kappa shape index (κ3) is 4.07. The Morgan fingerprint density at radius 2 is 2.28 bits per heavy atom. The van der Waals surface area contributed by atoms with Crippen LogP contribution in [0.2, 0.25) is 0 Å². The number of halogens is 1. The van der Waals surface area contributed by atoms with Gasteiger partial charge in [0.1, 0.15) is 0 Å². The molecule has 0 N–H and O–H groups in total. The SMILES string of the molecule is CCC(C)N(CCOC)C(=O)c1cncc(Br)c1. The maximum atomic E-state index is 12.4. The second-order valence-corrected chi connectivity index (χ2v) is 5.06. The number of carbonyl (C=O) groups is 1. The summed E-state index contributed by atoms with van der Waals surface area (Å²) in [5.74, 6) is -0.00444. The molecule has 0 fully saturated rings. The van der Waals surface area contributed by atoms with E-state index in [1.807, 2.05) is 11.8 Å². The molecule has 1 heterocycles. The zero-order valence-corrected chi connectivity index (χ0v) is 12.6. The van der Waals surface area contributed by atoms with Gasteiger partial charge in [0.2, 0.25) is 0 Å². The normalized spacial score (nSPS) is 12.2. The molecule has 18 heavy (non-hydrogen) atoms. The molecule has 0 saturated carbocycles. The molecule has 1 rings (SSSR count). The van der Waals surface area contributed by atoms with Gasteiger partial charge in [-0.25, -0.2) is 0 Å². The minimum Gasteiger partial charge on any atom is -0.383 e. The van der Waals surface area contributed by atoms with Crippen LogP contribution in [0.25, 0.3) is 0 Å². The van der Waals surface area contributed by atoms with E-state index >= 15 is 0 Å². The van der Waals surface area contributed by atoms with E-state index in [0.717, 1.165) is 10.9 Å². The van der Waals surface area contributed by atoms with E-state index in [4.69, 9.17) is 4.74 Å². The van der Waals surface area contributed by atoms with Crippen molar-refractivity contribution in [2.24, 2.45) is 0 Å². The summed E-state index contributed by atoms with van der Waals surface area (Å²) in [5.41, 5.74) is 0.598. The van der Waals surface area contributed by atoms with E-state index in [9.17, 15) is 4.79 Å². The van der Waals surface area contributed by atoms with Crippen molar-refractivity contribution in [1.29, 1.82) is 0 Å². The molecule has 0 aliphatic heterocycles. The Morgan fingerprint density at radius 3 is 2.83 bits per heavy atom. The van der Waals surface area contributed by atoms with Gasteiger partial charge < -0.3 is 9.64 Å². The van der Waals surface area contributed by atoms with Crippen LogP contribution in [0.4, 0.5) is 0 Å². The lowest BCUT2D eigenvalue weighted by atomic mass is 10.1. The van der Waals surface area contributed by atoms with E-state index in [1.54, 1.807) is 25.6 Å². The largest absolute Gasteiger partial charge is 0.383 e. The van der Waals surface area contributed by atoms with Crippen LogP contribution in [-0.2, 0) is 4.74 Å². The Kier molecular flexibility index (Phi) is 6.29. The first-order valence-corrected chi connectivity index (χ1v) is 6.79. The van der Waals surface area contributed by atoms with Gasteiger partial charge in [-0.3, -0.25) is 9.78 Å². The number of pyridine rings is 1. The van der Waals surface area contributed by atoms with Crippen LogP contribution in [0.15, 0.2) is 22.9 Å². The molecule has 100 valence electrons. The van der Waals surface area contributed by atoms with Crippen molar-refractivity contribution < 1.29 is 9.53 Å². The summed E-state index contributed by atoms with van der Waals surface area (Å²) in [6.07, 6.45) is 4.17. The van der Waals surface area contributed by atoms with Gasteiger partial charge >= 0.3 is 0 Å². The number of ether oxygens (including phenoxy) is 1. The Balaban J connectivity index is 2.87. The van der Waals surface area contributed by atoms with Crippen LogP contribution in [0, 0.1) is 0 Å². The van der Waals surface area contributed by atoms with Crippen LogP contribution in [0.5, 0.6) is 0 Å². The van der Waals surface area contributed by atoms with Crippen molar-refractivity contribution in [1.82, 2.24) is 9.88 Å². The number of nitrogens with zero attached hydrogens (tertiary/aromatic N) is 2. The van der Waals surface area contributed by atoms with Crippen molar-refractivity contribution >= 4 is 21.8 Å². The van der Waals surface area contributed by atoms with Crippen LogP contribution < -0.4 is 0 Å². The zero-order valence-electron chi connectivity index (χ0n) is 11.0. The van der Waals surface area contributed by atoms with Gasteiger partial charge in [-0.1, -0.05) is 6.92 Å². The molecule has 0 bridgehead atoms. The van der Waals surface area contributed by atoms with E-state index in [-0.39, 0.29) is 11.9 Å². The smallest absolute Gasteiger partial charge is 0.255 e. The van der Waals surface area contributed by atoms with Crippen LogP contribution in [0.1, 0.15) is 30.6 Å². The van der Waals surface area contributed by atoms with E-state index in [2.05, 4.69) is 27.8 Å². The first-order valence-electron chi connectivity index (χ1n) is 6.00. The van der Waals surface area contributed by atoms with Crippen molar-refractivity contribution in [2.45, 2.75) is 26.3 Å². The Labute approximate surface area is 116 Å². The molecule has 0 spiro atoms. The minimum absolute atomic E-state index is 0.00444. The summed E-state index contributed by atoms with van der Waals surface area (Å²) in [4.78, 5) is 18.3. The van der Waals surface area contributed by atoms with Gasteiger partial charge in [-0.15, -0.1) is 0 Å². The molecule has 0 saturated heterocycles. The Morgan fingerprint density at radius 1 is 1.56 bits per heavy atom. The highest BCUT2D eigenvalue weighted by Crippen LogP contribution is 2.14. The summed E-state index contributed by atoms with van der Waals surface area (Å²) >= 11 is 3.33.